The van der Waals surface area contributed by atoms with Crippen molar-refractivity contribution in [2.24, 2.45) is 0 Å². The average Bonchev–Trinajstić information content (AvgIpc) is 2.47. The van der Waals surface area contributed by atoms with Gasteiger partial charge in [0.25, 0.3) is 0 Å². The van der Waals surface area contributed by atoms with E-state index in [4.69, 9.17) is 11.6 Å². The number of benzene rings is 1. The van der Waals surface area contributed by atoms with Crippen LogP contribution in [0.15, 0.2) is 12.1 Å². The first-order chi connectivity index (χ1) is 6.20. The van der Waals surface area contributed by atoms with E-state index in [0.29, 0.717) is 17.2 Å². The van der Waals surface area contributed by atoms with Crippen LogP contribution in [0.4, 0.5) is 4.39 Å². The molecule has 0 aliphatic rings. The molecule has 0 aliphatic heterocycles. The highest BCUT2D eigenvalue weighted by Gasteiger charge is 2.05. The Morgan fingerprint density at radius 2 is 2.31 bits per heavy atom. The summed E-state index contributed by atoms with van der Waals surface area (Å²) >= 11 is 5.60. The SMILES string of the molecule is Cc1cc(F)cc2[nH]c(CCl)nc12. The molecule has 0 spiro atoms. The molecule has 1 N–H and O–H groups in total. The largest absolute Gasteiger partial charge is 0.341 e. The monoisotopic (exact) mass is 198 g/mol. The summed E-state index contributed by atoms with van der Waals surface area (Å²) in [6, 6.07) is 2.88. The van der Waals surface area contributed by atoms with E-state index < -0.39 is 0 Å². The summed E-state index contributed by atoms with van der Waals surface area (Å²) < 4.78 is 12.9. The maximum atomic E-state index is 12.9. The molecule has 1 aromatic heterocycles. The summed E-state index contributed by atoms with van der Waals surface area (Å²) in [5.41, 5.74) is 2.31. The fraction of sp³-hybridized carbons (Fsp3) is 0.222. The highest BCUT2D eigenvalue weighted by atomic mass is 35.5. The van der Waals surface area contributed by atoms with E-state index in [1.54, 1.807) is 0 Å². The number of fused-ring (bicyclic) bond motifs is 1. The highest BCUT2D eigenvalue weighted by Crippen LogP contribution is 2.18. The number of hydrogen-bond acceptors (Lipinski definition) is 1. The standard InChI is InChI=1S/C9H8ClFN2/c1-5-2-6(11)3-7-9(5)13-8(4-10)12-7/h2-3H,4H2,1H3,(H,12,13). The first-order valence-electron chi connectivity index (χ1n) is 3.91. The Kier molecular flexibility index (Phi) is 1.96. The fourth-order valence-corrected chi connectivity index (χ4v) is 1.49. The normalized spacial score (nSPS) is 11.0. The third kappa shape index (κ3) is 1.40. The predicted octanol–water partition coefficient (Wildman–Crippen LogP) is 2.75. The lowest BCUT2D eigenvalue weighted by atomic mass is 10.2. The van der Waals surface area contributed by atoms with Crippen molar-refractivity contribution in [3.8, 4) is 0 Å². The second-order valence-corrected chi connectivity index (χ2v) is 3.20. The lowest BCUT2D eigenvalue weighted by molar-refractivity contribution is 0.628. The third-order valence-corrected chi connectivity index (χ3v) is 2.17. The Bertz CT molecular complexity index is 450. The lowest BCUT2D eigenvalue weighted by Crippen LogP contribution is -1.80. The topological polar surface area (TPSA) is 28.7 Å². The second-order valence-electron chi connectivity index (χ2n) is 2.94. The summed E-state index contributed by atoms with van der Waals surface area (Å²) in [4.78, 5) is 7.16. The average molecular weight is 199 g/mol. The van der Waals surface area contributed by atoms with Gasteiger partial charge in [0.05, 0.1) is 16.9 Å². The number of aromatic nitrogens is 2. The van der Waals surface area contributed by atoms with Crippen molar-refractivity contribution in [1.29, 1.82) is 0 Å². The van der Waals surface area contributed by atoms with Crippen molar-refractivity contribution < 1.29 is 4.39 Å². The molecule has 2 nitrogen and oxygen atoms in total. The van der Waals surface area contributed by atoms with Gasteiger partial charge in [-0.15, -0.1) is 11.6 Å². The molecule has 0 fully saturated rings. The Morgan fingerprint density at radius 1 is 1.54 bits per heavy atom. The van der Waals surface area contributed by atoms with Gasteiger partial charge in [-0.2, -0.15) is 0 Å². The number of nitrogens with zero attached hydrogens (tertiary/aromatic N) is 1. The summed E-state index contributed by atoms with van der Waals surface area (Å²) in [5, 5.41) is 0. The molecule has 4 heteroatoms. The number of hydrogen-bond donors (Lipinski definition) is 1. The summed E-state index contributed by atoms with van der Waals surface area (Å²) in [6.07, 6.45) is 0. The Hall–Kier alpha value is -1.09. The molecule has 1 heterocycles. The van der Waals surface area contributed by atoms with Crippen molar-refractivity contribution in [2.45, 2.75) is 12.8 Å². The van der Waals surface area contributed by atoms with Crippen LogP contribution in [0.2, 0.25) is 0 Å². The molecule has 0 aliphatic carbocycles. The van der Waals surface area contributed by atoms with Gasteiger partial charge in [-0.3, -0.25) is 0 Å². The molecule has 1 aromatic carbocycles. The van der Waals surface area contributed by atoms with Crippen LogP contribution in [0.25, 0.3) is 11.0 Å². The predicted molar refractivity (Wildman–Crippen MR) is 50.3 cm³/mol. The number of imidazole rings is 1. The quantitative estimate of drug-likeness (QED) is 0.702. The molecule has 13 heavy (non-hydrogen) atoms. The zero-order chi connectivity index (χ0) is 9.42. The number of aromatic amines is 1. The summed E-state index contributed by atoms with van der Waals surface area (Å²) in [7, 11) is 0. The van der Waals surface area contributed by atoms with Gasteiger partial charge in [0.1, 0.15) is 11.6 Å². The highest BCUT2D eigenvalue weighted by molar-refractivity contribution is 6.16. The van der Waals surface area contributed by atoms with Gasteiger partial charge >= 0.3 is 0 Å². The maximum absolute atomic E-state index is 12.9. The van der Waals surface area contributed by atoms with Crippen molar-refractivity contribution >= 4 is 22.6 Å². The summed E-state index contributed by atoms with van der Waals surface area (Å²) in [6.45, 7) is 1.82. The molecule has 0 saturated heterocycles. The molecule has 0 amide bonds. The van der Waals surface area contributed by atoms with Crippen LogP contribution in [0.5, 0.6) is 0 Å². The zero-order valence-corrected chi connectivity index (χ0v) is 7.82. The minimum absolute atomic E-state index is 0.255. The van der Waals surface area contributed by atoms with Crippen LogP contribution in [-0.4, -0.2) is 9.97 Å². The molecule has 2 aromatic rings. The van der Waals surface area contributed by atoms with Crippen LogP contribution in [-0.2, 0) is 5.88 Å². The van der Waals surface area contributed by atoms with Crippen molar-refractivity contribution in [3.63, 3.8) is 0 Å². The zero-order valence-electron chi connectivity index (χ0n) is 7.06. The number of halogens is 2. The van der Waals surface area contributed by atoms with E-state index in [1.807, 2.05) is 6.92 Å². The number of rotatable bonds is 1. The maximum Gasteiger partial charge on any atom is 0.125 e. The van der Waals surface area contributed by atoms with Gasteiger partial charge in [0.15, 0.2) is 0 Å². The molecular weight excluding hydrogens is 191 g/mol. The van der Waals surface area contributed by atoms with Crippen LogP contribution in [0, 0.1) is 12.7 Å². The smallest absolute Gasteiger partial charge is 0.125 e. The van der Waals surface area contributed by atoms with Gasteiger partial charge in [0, 0.05) is 0 Å². The van der Waals surface area contributed by atoms with Crippen LogP contribution in [0.1, 0.15) is 11.4 Å². The lowest BCUT2D eigenvalue weighted by Gasteiger charge is -1.93. The van der Waals surface area contributed by atoms with Crippen LogP contribution >= 0.6 is 11.6 Å². The van der Waals surface area contributed by atoms with Gasteiger partial charge in [-0.25, -0.2) is 9.37 Å². The number of nitrogens with one attached hydrogen (secondary N) is 1. The first kappa shape index (κ1) is 8.51. The number of H-pyrrole nitrogens is 1. The minimum Gasteiger partial charge on any atom is -0.341 e. The molecule has 0 saturated carbocycles. The van der Waals surface area contributed by atoms with Crippen LogP contribution < -0.4 is 0 Å². The molecule has 0 unspecified atom stereocenters. The van der Waals surface area contributed by atoms with Crippen molar-refractivity contribution in [3.05, 3.63) is 29.3 Å². The van der Waals surface area contributed by atoms with Gasteiger partial charge in [-0.05, 0) is 24.6 Å². The van der Waals surface area contributed by atoms with E-state index in [0.717, 1.165) is 11.1 Å². The molecule has 0 atom stereocenters. The molecule has 0 radical (unpaired) electrons. The summed E-state index contributed by atoms with van der Waals surface area (Å²) in [5.74, 6) is 0.732. The fourth-order valence-electron chi connectivity index (χ4n) is 1.36. The Morgan fingerprint density at radius 3 is 3.00 bits per heavy atom. The van der Waals surface area contributed by atoms with E-state index in [2.05, 4.69) is 9.97 Å². The van der Waals surface area contributed by atoms with E-state index in [-0.39, 0.29) is 5.82 Å². The van der Waals surface area contributed by atoms with E-state index in [9.17, 15) is 4.39 Å². The third-order valence-electron chi connectivity index (χ3n) is 1.92. The first-order valence-corrected chi connectivity index (χ1v) is 4.45. The van der Waals surface area contributed by atoms with E-state index >= 15 is 0 Å². The second kappa shape index (κ2) is 3.00. The van der Waals surface area contributed by atoms with E-state index in [1.165, 1.54) is 12.1 Å². The minimum atomic E-state index is -0.255. The molecule has 2 rings (SSSR count). The van der Waals surface area contributed by atoms with Gasteiger partial charge in [-0.1, -0.05) is 0 Å². The van der Waals surface area contributed by atoms with Crippen molar-refractivity contribution in [2.75, 3.05) is 0 Å². The van der Waals surface area contributed by atoms with Crippen molar-refractivity contribution in [1.82, 2.24) is 9.97 Å². The number of aryl methyl sites for hydroxylation is 1. The van der Waals surface area contributed by atoms with Gasteiger partial charge < -0.3 is 4.98 Å². The van der Waals surface area contributed by atoms with Crippen LogP contribution in [0.3, 0.4) is 0 Å². The molecule has 0 bridgehead atoms. The Balaban J connectivity index is 2.75. The molecular formula is C9H8ClFN2. The Labute approximate surface area is 79.7 Å². The molecule has 68 valence electrons. The van der Waals surface area contributed by atoms with Gasteiger partial charge in [0.2, 0.25) is 0 Å². The number of alkyl halides is 1.